The Kier molecular flexibility index (Phi) is 18.6. The van der Waals surface area contributed by atoms with Crippen LogP contribution in [0.2, 0.25) is 7.86 Å². The molecule has 0 saturated carbocycles. The zero-order chi connectivity index (χ0) is 13.7. The van der Waals surface area contributed by atoms with E-state index in [1.54, 1.807) is 0 Å². The number of rotatable bonds is 8. The van der Waals surface area contributed by atoms with Crippen LogP contribution < -0.4 is 0 Å². The number of aliphatic hydroxyl groups excluding tert-OH is 2. The van der Waals surface area contributed by atoms with E-state index in [0.29, 0.717) is 0 Å². The van der Waals surface area contributed by atoms with Gasteiger partial charge in [0, 0.05) is 0 Å². The van der Waals surface area contributed by atoms with Crippen LogP contribution in [0.3, 0.4) is 0 Å². The predicted octanol–water partition coefficient (Wildman–Crippen LogP) is 1.04. The van der Waals surface area contributed by atoms with Gasteiger partial charge in [-0.05, 0) is 0 Å². The Balaban J connectivity index is 0. The monoisotopic (exact) mass is 666 g/mol. The van der Waals surface area contributed by atoms with Crippen LogP contribution in [-0.4, -0.2) is 38.5 Å². The first-order valence-corrected chi connectivity index (χ1v) is 24.9. The van der Waals surface area contributed by atoms with E-state index in [1.165, 1.54) is 3.93 Å². The van der Waals surface area contributed by atoms with Crippen molar-refractivity contribution in [2.45, 2.75) is 27.8 Å². The van der Waals surface area contributed by atoms with Crippen molar-refractivity contribution in [1.82, 2.24) is 0 Å². The van der Waals surface area contributed by atoms with Crippen LogP contribution >= 0.6 is 16.1 Å². The number of phosphoric acid groups is 1. The average molecular weight is 663 g/mol. The molecule has 0 bridgehead atoms. The molecule has 0 aromatic carbocycles. The van der Waals surface area contributed by atoms with Crippen molar-refractivity contribution >= 4 is 16.1 Å². The molecule has 4 N–H and O–H groups in total. The Bertz CT molecular complexity index is 205. The van der Waals surface area contributed by atoms with Gasteiger partial charge >= 0.3 is 131 Å². The van der Waals surface area contributed by atoms with Crippen molar-refractivity contribution in [3.8, 4) is 0 Å². The van der Waals surface area contributed by atoms with Crippen LogP contribution in [0.5, 0.6) is 0 Å². The standard InChI is InChI=1S/C3H8O2S.2C2H5.2Hg.H3O4P/c4-1-3(5)2-6;2*1-2;;;1-5(2,3)4/h3-6H,1-2H2;2*1H2,2H3;;;(H3,1,2,3,4)/q;;;2*+1;/p-2. The molecule has 10 heteroatoms. The molecule has 98 valence electrons. The summed E-state index contributed by atoms with van der Waals surface area (Å²) in [5.41, 5.74) is 0. The summed E-state index contributed by atoms with van der Waals surface area (Å²) in [5, 5.41) is 17.2. The molecule has 1 atom stereocenters. The first-order valence-electron chi connectivity index (χ1n) is 5.44. The summed E-state index contributed by atoms with van der Waals surface area (Å²) >= 11 is -2.20. The molecular formula is C7H19Hg2O6PS. The van der Waals surface area contributed by atoms with Gasteiger partial charge in [-0.3, -0.25) is 0 Å². The fourth-order valence-electron chi connectivity index (χ4n) is 0.627. The molecule has 0 aromatic rings. The van der Waals surface area contributed by atoms with Crippen molar-refractivity contribution in [3.05, 3.63) is 0 Å². The van der Waals surface area contributed by atoms with Crippen molar-refractivity contribution in [2.75, 3.05) is 12.4 Å². The second-order valence-corrected chi connectivity index (χ2v) is 27.5. The molecule has 0 radical (unpaired) electrons. The first-order chi connectivity index (χ1) is 7.87. The summed E-state index contributed by atoms with van der Waals surface area (Å²) in [4.78, 5) is 16.2. The number of hydrogen-bond acceptors (Lipinski definition) is 5. The maximum atomic E-state index is 9.92. The summed E-state index contributed by atoms with van der Waals surface area (Å²) in [6.07, 6.45) is -0.471. The second kappa shape index (κ2) is 14.7. The van der Waals surface area contributed by atoms with Crippen LogP contribution in [0.1, 0.15) is 13.8 Å². The van der Waals surface area contributed by atoms with E-state index in [1.807, 2.05) is 15.2 Å². The maximum absolute atomic E-state index is 9.92. The van der Waals surface area contributed by atoms with Gasteiger partial charge in [0.2, 0.25) is 0 Å². The number of hydrogen-bond donors (Lipinski definition) is 4. The normalized spacial score (nSPS) is 11.9. The van der Waals surface area contributed by atoms with Gasteiger partial charge in [-0.1, -0.05) is 0 Å². The van der Waals surface area contributed by atoms with Crippen molar-refractivity contribution in [1.29, 1.82) is 0 Å². The van der Waals surface area contributed by atoms with Crippen LogP contribution in [0.15, 0.2) is 0 Å². The van der Waals surface area contributed by atoms with E-state index >= 15 is 0 Å². The van der Waals surface area contributed by atoms with Crippen LogP contribution in [0, 0.1) is 0 Å². The molecule has 0 aromatic heterocycles. The molecule has 0 aliphatic heterocycles. The van der Waals surface area contributed by atoms with Gasteiger partial charge in [0.25, 0.3) is 0 Å². The summed E-state index contributed by atoms with van der Waals surface area (Å²) in [5.74, 6) is 0.756. The minimum atomic E-state index is -4.08. The van der Waals surface area contributed by atoms with Gasteiger partial charge in [-0.25, -0.2) is 0 Å². The second-order valence-electron chi connectivity index (χ2n) is 3.24. The van der Waals surface area contributed by atoms with Crippen molar-refractivity contribution < 1.29 is 75.1 Å². The molecule has 0 fully saturated rings. The molecule has 1 unspecified atom stereocenters. The van der Waals surface area contributed by atoms with E-state index in [9.17, 15) is 4.57 Å². The van der Waals surface area contributed by atoms with Crippen LogP contribution in [0.25, 0.3) is 0 Å². The summed E-state index contributed by atoms with van der Waals surface area (Å²) < 4.78 is 16.4. The Morgan fingerprint density at radius 3 is 2.24 bits per heavy atom. The predicted molar refractivity (Wildman–Crippen MR) is 59.6 cm³/mol. The molecule has 0 saturated heterocycles. The first kappa shape index (κ1) is 21.5. The van der Waals surface area contributed by atoms with Gasteiger partial charge in [0.15, 0.2) is 0 Å². The molecular weight excluding hydrogens is 644 g/mol. The third-order valence-corrected chi connectivity index (χ3v) is 21.7. The van der Waals surface area contributed by atoms with Gasteiger partial charge < -0.3 is 0 Å². The van der Waals surface area contributed by atoms with Gasteiger partial charge in [-0.15, -0.1) is 0 Å². The molecule has 0 spiro atoms. The Hall–Kier alpha value is 2.25. The van der Waals surface area contributed by atoms with E-state index in [0.717, 1.165) is 9.68 Å². The molecule has 0 heterocycles. The van der Waals surface area contributed by atoms with E-state index in [4.69, 9.17) is 20.0 Å². The van der Waals surface area contributed by atoms with Crippen molar-refractivity contribution in [3.63, 3.8) is 0 Å². The molecule has 0 amide bonds. The Morgan fingerprint density at radius 1 is 1.35 bits per heavy atom. The average Bonchev–Trinajstić information content (AvgIpc) is 2.26. The molecule has 6 nitrogen and oxygen atoms in total. The summed E-state index contributed by atoms with van der Waals surface area (Å²) in [6.45, 7) is 3.99. The molecule has 0 aliphatic rings. The topological polar surface area (TPSA) is 107 Å². The fourth-order valence-corrected chi connectivity index (χ4v) is 15.3. The van der Waals surface area contributed by atoms with Gasteiger partial charge in [0.05, 0.1) is 0 Å². The molecule has 0 rings (SSSR count). The SMILES string of the molecule is C[CH2][Hg][O]P(=O)(O)O.C[CH2][Hg][S]CC(O)CO. The van der Waals surface area contributed by atoms with E-state index in [2.05, 4.69) is 9.35 Å². The van der Waals surface area contributed by atoms with Gasteiger partial charge in [0.1, 0.15) is 0 Å². The zero-order valence-electron chi connectivity index (χ0n) is 10.3. The van der Waals surface area contributed by atoms with Gasteiger partial charge in [-0.2, -0.15) is 0 Å². The van der Waals surface area contributed by atoms with Crippen LogP contribution in [-0.2, 0) is 55.1 Å². The number of aliphatic hydroxyl groups is 2. The molecule has 17 heavy (non-hydrogen) atoms. The third kappa shape index (κ3) is 23.7. The molecule has 0 aliphatic carbocycles. The van der Waals surface area contributed by atoms with Crippen LogP contribution in [0.4, 0.5) is 0 Å². The third-order valence-electron chi connectivity index (χ3n) is 1.33. The zero-order valence-corrected chi connectivity index (χ0v) is 23.0. The Morgan fingerprint density at radius 2 is 1.94 bits per heavy atom. The van der Waals surface area contributed by atoms with E-state index in [-0.39, 0.29) is 6.61 Å². The van der Waals surface area contributed by atoms with E-state index < -0.39 is 62.0 Å². The summed E-state index contributed by atoms with van der Waals surface area (Å²) in [6, 6.07) is 0. The quantitative estimate of drug-likeness (QED) is 0.175. The van der Waals surface area contributed by atoms with Crippen molar-refractivity contribution in [2.24, 2.45) is 0 Å². The summed E-state index contributed by atoms with van der Waals surface area (Å²) in [7, 11) is -2.19. The fraction of sp³-hybridized carbons (Fsp3) is 1.00. The Labute approximate surface area is 130 Å². The minimum absolute atomic E-state index is 0.0788.